The summed E-state index contributed by atoms with van der Waals surface area (Å²) in [6.07, 6.45) is 0. The number of hydrogen-bond acceptors (Lipinski definition) is 0. The van der Waals surface area contributed by atoms with Crippen LogP contribution in [0.1, 0.15) is 105 Å². The highest BCUT2D eigenvalue weighted by Gasteiger charge is 2.31. The van der Waals surface area contributed by atoms with E-state index in [1.165, 1.54) is 44.5 Å². The van der Waals surface area contributed by atoms with Gasteiger partial charge in [-0.15, -0.1) is 0 Å². The molecule has 4 aromatic carbocycles. The van der Waals surface area contributed by atoms with E-state index in [-0.39, 0.29) is 21.7 Å². The van der Waals surface area contributed by atoms with Gasteiger partial charge in [-0.3, -0.25) is 0 Å². The highest BCUT2D eigenvalue weighted by molar-refractivity contribution is 5.95. The van der Waals surface area contributed by atoms with Crippen LogP contribution < -0.4 is 0 Å². The van der Waals surface area contributed by atoms with Gasteiger partial charge in [-0.05, 0) is 66.2 Å². The van der Waals surface area contributed by atoms with Crippen LogP contribution in [-0.2, 0) is 0 Å². The summed E-state index contributed by atoms with van der Waals surface area (Å²) in [5.74, 6) is 0. The third-order valence-electron chi connectivity index (χ3n) is 7.75. The van der Waals surface area contributed by atoms with Crippen LogP contribution in [0.15, 0.2) is 121 Å². The molecule has 0 fully saturated rings. The Morgan fingerprint density at radius 1 is 0.250 bits per heavy atom. The fourth-order valence-electron chi connectivity index (χ4n) is 6.23. The zero-order valence-electron chi connectivity index (χ0n) is 29.5. The van der Waals surface area contributed by atoms with Gasteiger partial charge in [0.15, 0.2) is 0 Å². The predicted molar refractivity (Wildman–Crippen MR) is 197 cm³/mol. The highest BCUT2D eigenvalue weighted by atomic mass is 14.3. The second-order valence-electron chi connectivity index (χ2n) is 16.0. The van der Waals surface area contributed by atoms with Crippen molar-refractivity contribution in [3.63, 3.8) is 0 Å². The molecule has 0 amide bonds. The van der Waals surface area contributed by atoms with Crippen molar-refractivity contribution in [3.05, 3.63) is 144 Å². The standard InChI is InChI=1S/2C22H28/c2*1-21(2,3)19(17-13-9-7-10-14-17)20(22(4,5)6)18-15-11-8-12-16-18/h2*7-16H,1-6H3/b2*20-19+. The molecule has 0 N–H and O–H groups in total. The van der Waals surface area contributed by atoms with Gasteiger partial charge in [-0.1, -0.05) is 204 Å². The summed E-state index contributed by atoms with van der Waals surface area (Å²) < 4.78 is 0. The molecule has 0 saturated heterocycles. The fraction of sp³-hybridized carbons (Fsp3) is 0.364. The van der Waals surface area contributed by atoms with Crippen molar-refractivity contribution in [2.45, 2.75) is 83.1 Å². The SMILES string of the molecule is CC(C)(C)/C(=C(\c1ccccc1)C(C)(C)C)c1ccccc1.CC(C)(C)/C(=C(\c1ccccc1)C(C)(C)C)c1ccccc1. The summed E-state index contributed by atoms with van der Waals surface area (Å²) in [5, 5.41) is 0. The van der Waals surface area contributed by atoms with Crippen molar-refractivity contribution in [1.82, 2.24) is 0 Å². The molecule has 0 bridgehead atoms. The summed E-state index contributed by atoms with van der Waals surface area (Å²) in [5.41, 5.74) is 11.4. The van der Waals surface area contributed by atoms with Crippen LogP contribution in [0.2, 0.25) is 0 Å². The van der Waals surface area contributed by atoms with E-state index in [9.17, 15) is 0 Å². The lowest BCUT2D eigenvalue weighted by Gasteiger charge is -2.34. The van der Waals surface area contributed by atoms with Gasteiger partial charge in [-0.25, -0.2) is 0 Å². The van der Waals surface area contributed by atoms with E-state index in [4.69, 9.17) is 0 Å². The fourth-order valence-corrected chi connectivity index (χ4v) is 6.23. The minimum absolute atomic E-state index is 0.0831. The molecule has 0 aliphatic heterocycles. The molecule has 232 valence electrons. The Labute approximate surface area is 270 Å². The average Bonchev–Trinajstić information content (AvgIpc) is 2.94. The third-order valence-corrected chi connectivity index (χ3v) is 7.75. The van der Waals surface area contributed by atoms with Crippen LogP contribution in [0.5, 0.6) is 0 Å². The molecule has 0 atom stereocenters. The van der Waals surface area contributed by atoms with Gasteiger partial charge in [0.2, 0.25) is 0 Å². The summed E-state index contributed by atoms with van der Waals surface area (Å²) in [7, 11) is 0. The molecule has 0 aliphatic rings. The Kier molecular flexibility index (Phi) is 11.1. The monoisotopic (exact) mass is 584 g/mol. The largest absolute Gasteiger partial charge is 0.0622 e. The maximum absolute atomic E-state index is 2.31. The summed E-state index contributed by atoms with van der Waals surface area (Å²) in [4.78, 5) is 0. The van der Waals surface area contributed by atoms with Gasteiger partial charge in [-0.2, -0.15) is 0 Å². The van der Waals surface area contributed by atoms with E-state index in [0.29, 0.717) is 0 Å². The Balaban J connectivity index is 0.000000240. The van der Waals surface area contributed by atoms with Crippen LogP contribution >= 0.6 is 0 Å². The van der Waals surface area contributed by atoms with E-state index in [2.05, 4.69) is 204 Å². The number of benzene rings is 4. The normalized spacial score (nSPS) is 13.7. The second-order valence-corrected chi connectivity index (χ2v) is 16.0. The topological polar surface area (TPSA) is 0 Å². The predicted octanol–water partition coefficient (Wildman–Crippen LogP) is 13.4. The minimum Gasteiger partial charge on any atom is -0.0622 e. The molecule has 44 heavy (non-hydrogen) atoms. The van der Waals surface area contributed by atoms with E-state index < -0.39 is 0 Å². The number of rotatable bonds is 4. The molecule has 0 radical (unpaired) electrons. The van der Waals surface area contributed by atoms with E-state index in [0.717, 1.165) is 0 Å². The van der Waals surface area contributed by atoms with Gasteiger partial charge in [0.05, 0.1) is 0 Å². The van der Waals surface area contributed by atoms with Gasteiger partial charge in [0, 0.05) is 0 Å². The van der Waals surface area contributed by atoms with Crippen molar-refractivity contribution in [2.24, 2.45) is 21.7 Å². The maximum Gasteiger partial charge on any atom is -0.0123 e. The van der Waals surface area contributed by atoms with Crippen LogP contribution in [0.4, 0.5) is 0 Å². The van der Waals surface area contributed by atoms with Gasteiger partial charge >= 0.3 is 0 Å². The molecule has 4 aromatic rings. The first-order valence-corrected chi connectivity index (χ1v) is 16.1. The lowest BCUT2D eigenvalue weighted by atomic mass is 9.70. The van der Waals surface area contributed by atoms with E-state index >= 15 is 0 Å². The molecule has 0 nitrogen and oxygen atoms in total. The van der Waals surface area contributed by atoms with E-state index in [1.54, 1.807) is 0 Å². The Morgan fingerprint density at radius 2 is 0.386 bits per heavy atom. The molecule has 0 spiro atoms. The van der Waals surface area contributed by atoms with Crippen LogP contribution in [-0.4, -0.2) is 0 Å². The van der Waals surface area contributed by atoms with Crippen molar-refractivity contribution in [3.8, 4) is 0 Å². The lowest BCUT2D eigenvalue weighted by Crippen LogP contribution is -2.18. The zero-order valence-corrected chi connectivity index (χ0v) is 29.5. The van der Waals surface area contributed by atoms with Gasteiger partial charge in [0.25, 0.3) is 0 Å². The summed E-state index contributed by atoms with van der Waals surface area (Å²) in [6.45, 7) is 27.7. The van der Waals surface area contributed by atoms with Crippen molar-refractivity contribution >= 4 is 22.3 Å². The Hall–Kier alpha value is -3.64. The lowest BCUT2D eigenvalue weighted by molar-refractivity contribution is 0.534. The smallest absolute Gasteiger partial charge is 0.0123 e. The first-order chi connectivity index (χ1) is 20.4. The molecule has 0 aliphatic carbocycles. The number of hydrogen-bond donors (Lipinski definition) is 0. The zero-order chi connectivity index (χ0) is 32.8. The maximum atomic E-state index is 2.31. The second kappa shape index (κ2) is 14.0. The van der Waals surface area contributed by atoms with Crippen molar-refractivity contribution in [2.75, 3.05) is 0 Å². The molecule has 0 heterocycles. The molecule has 4 rings (SSSR count). The average molecular weight is 585 g/mol. The first-order valence-electron chi connectivity index (χ1n) is 16.1. The summed E-state index contributed by atoms with van der Waals surface area (Å²) >= 11 is 0. The highest BCUT2D eigenvalue weighted by Crippen LogP contribution is 2.48. The van der Waals surface area contributed by atoms with Gasteiger partial charge in [0.1, 0.15) is 0 Å². The molecule has 0 unspecified atom stereocenters. The molecular weight excluding hydrogens is 528 g/mol. The van der Waals surface area contributed by atoms with Crippen LogP contribution in [0.3, 0.4) is 0 Å². The number of allylic oxidation sites excluding steroid dienone is 4. The first kappa shape index (κ1) is 34.8. The van der Waals surface area contributed by atoms with Crippen LogP contribution in [0.25, 0.3) is 22.3 Å². The quantitative estimate of drug-likeness (QED) is 0.209. The molecular formula is C44H56. The molecule has 0 aromatic heterocycles. The van der Waals surface area contributed by atoms with E-state index in [1.807, 2.05) is 0 Å². The Bertz CT molecular complexity index is 1270. The summed E-state index contributed by atoms with van der Waals surface area (Å²) in [6, 6.07) is 43.2. The molecule has 0 heteroatoms. The van der Waals surface area contributed by atoms with Crippen molar-refractivity contribution < 1.29 is 0 Å². The van der Waals surface area contributed by atoms with Crippen molar-refractivity contribution in [1.29, 1.82) is 0 Å². The van der Waals surface area contributed by atoms with Gasteiger partial charge < -0.3 is 0 Å². The minimum atomic E-state index is 0.0831. The van der Waals surface area contributed by atoms with Crippen LogP contribution in [0, 0.1) is 21.7 Å². The Morgan fingerprint density at radius 3 is 0.500 bits per heavy atom. The molecule has 0 saturated carbocycles. The third kappa shape index (κ3) is 9.18.